The molecule has 1 aromatic carbocycles. The van der Waals surface area contributed by atoms with Gasteiger partial charge in [-0.1, -0.05) is 0 Å². The normalized spacial score (nSPS) is 18.0. The van der Waals surface area contributed by atoms with E-state index < -0.39 is 5.82 Å². The monoisotopic (exact) mass is 303 g/mol. The van der Waals surface area contributed by atoms with Crippen molar-refractivity contribution in [3.63, 3.8) is 0 Å². The summed E-state index contributed by atoms with van der Waals surface area (Å²) < 4.78 is 16.2. The largest absolute Gasteiger partial charge is 0.508 e. The molecule has 1 aliphatic rings. The van der Waals surface area contributed by atoms with E-state index in [0.29, 0.717) is 5.70 Å². The Labute approximate surface area is 128 Å². The Kier molecular flexibility index (Phi) is 3.33. The molecular formula is C16H18FN3O2. The molecule has 3 rings (SSSR count). The van der Waals surface area contributed by atoms with Crippen molar-refractivity contribution in [3.05, 3.63) is 59.3 Å². The second-order valence-corrected chi connectivity index (χ2v) is 5.52. The smallest absolute Gasteiger partial charge is 0.152 e. The number of hydrogen-bond donors (Lipinski definition) is 2. The molecule has 0 aliphatic carbocycles. The minimum absolute atomic E-state index is 0.152. The average molecular weight is 303 g/mol. The van der Waals surface area contributed by atoms with Crippen LogP contribution >= 0.6 is 0 Å². The Morgan fingerprint density at radius 1 is 1.18 bits per heavy atom. The molecule has 0 saturated heterocycles. The highest BCUT2D eigenvalue weighted by Crippen LogP contribution is 2.39. The first-order chi connectivity index (χ1) is 10.4. The average Bonchev–Trinajstić information content (AvgIpc) is 2.92. The van der Waals surface area contributed by atoms with Crippen molar-refractivity contribution < 1.29 is 14.7 Å². The lowest BCUT2D eigenvalue weighted by atomic mass is 10.1. The van der Waals surface area contributed by atoms with E-state index in [-0.39, 0.29) is 17.5 Å². The highest BCUT2D eigenvalue weighted by atomic mass is 19.1. The number of aromatic hydroxyl groups is 1. The number of phenols is 1. The molecule has 0 spiro atoms. The van der Waals surface area contributed by atoms with E-state index >= 15 is 0 Å². The molecule has 6 heteroatoms. The first kappa shape index (κ1) is 14.5. The summed E-state index contributed by atoms with van der Waals surface area (Å²) in [6, 6.07) is 5.53. The van der Waals surface area contributed by atoms with Gasteiger partial charge in [0.2, 0.25) is 0 Å². The Hall–Kier alpha value is -2.47. The third kappa shape index (κ3) is 2.12. The van der Waals surface area contributed by atoms with Crippen molar-refractivity contribution in [2.45, 2.75) is 19.9 Å². The predicted octanol–water partition coefficient (Wildman–Crippen LogP) is 3.25. The molecule has 22 heavy (non-hydrogen) atoms. The standard InChI is InChI=1S/C16H18FN3O2/c1-10-6-7-18(3)16(10)15-8-11(2)20(22)19(15)14-5-4-12(21)9-13(14)17/h4-9,15,21-22H,1-3H3. The molecule has 1 aromatic heterocycles. The van der Waals surface area contributed by atoms with Gasteiger partial charge in [0.1, 0.15) is 11.8 Å². The summed E-state index contributed by atoms with van der Waals surface area (Å²) in [4.78, 5) is 0. The summed E-state index contributed by atoms with van der Waals surface area (Å²) in [5.41, 5.74) is 2.82. The number of hydroxylamine groups is 1. The fraction of sp³-hybridized carbons (Fsp3) is 0.250. The number of aryl methyl sites for hydroxylation is 2. The van der Waals surface area contributed by atoms with Gasteiger partial charge in [0, 0.05) is 25.0 Å². The molecule has 2 aromatic rings. The SMILES string of the molecule is CC1=CC(c2c(C)ccn2C)N(c2ccc(O)cc2F)N1O. The van der Waals surface area contributed by atoms with Gasteiger partial charge in [-0.05, 0) is 43.7 Å². The van der Waals surface area contributed by atoms with Crippen molar-refractivity contribution in [1.82, 2.24) is 9.74 Å². The molecule has 1 unspecified atom stereocenters. The molecule has 0 radical (unpaired) electrons. The summed E-state index contributed by atoms with van der Waals surface area (Å²) in [6.07, 6.45) is 3.80. The highest BCUT2D eigenvalue weighted by Gasteiger charge is 2.34. The third-order valence-corrected chi connectivity index (χ3v) is 3.97. The lowest BCUT2D eigenvalue weighted by Crippen LogP contribution is -2.37. The lowest BCUT2D eigenvalue weighted by Gasteiger charge is -2.33. The predicted molar refractivity (Wildman–Crippen MR) is 80.8 cm³/mol. The fourth-order valence-electron chi connectivity index (χ4n) is 2.89. The lowest BCUT2D eigenvalue weighted by molar-refractivity contribution is -0.0623. The zero-order valence-corrected chi connectivity index (χ0v) is 12.7. The second kappa shape index (κ2) is 5.06. The number of nitrogens with zero attached hydrogens (tertiary/aromatic N) is 3. The molecule has 1 atom stereocenters. The van der Waals surface area contributed by atoms with Crippen LogP contribution < -0.4 is 5.01 Å². The van der Waals surface area contributed by atoms with Crippen LogP contribution in [0.15, 0.2) is 42.2 Å². The first-order valence-corrected chi connectivity index (χ1v) is 6.97. The summed E-state index contributed by atoms with van der Waals surface area (Å²) in [5.74, 6) is -0.750. The third-order valence-electron chi connectivity index (χ3n) is 3.97. The van der Waals surface area contributed by atoms with Crippen molar-refractivity contribution in [2.75, 3.05) is 5.01 Å². The van der Waals surface area contributed by atoms with Crippen LogP contribution in [0.4, 0.5) is 10.1 Å². The number of hydrogen-bond acceptors (Lipinski definition) is 4. The van der Waals surface area contributed by atoms with Crippen LogP contribution in [0, 0.1) is 12.7 Å². The number of aromatic nitrogens is 1. The topological polar surface area (TPSA) is 51.9 Å². The fourth-order valence-corrected chi connectivity index (χ4v) is 2.89. The van der Waals surface area contributed by atoms with E-state index in [4.69, 9.17) is 0 Å². The molecule has 5 nitrogen and oxygen atoms in total. The molecule has 0 bridgehead atoms. The Morgan fingerprint density at radius 2 is 1.91 bits per heavy atom. The summed E-state index contributed by atoms with van der Waals surface area (Å²) in [5, 5.41) is 22.1. The summed E-state index contributed by atoms with van der Waals surface area (Å²) in [7, 11) is 1.91. The van der Waals surface area contributed by atoms with E-state index in [2.05, 4.69) is 0 Å². The van der Waals surface area contributed by atoms with Crippen molar-refractivity contribution >= 4 is 5.69 Å². The molecule has 1 aliphatic heterocycles. The summed E-state index contributed by atoms with van der Waals surface area (Å²) >= 11 is 0. The zero-order chi connectivity index (χ0) is 16.0. The number of phenolic OH excluding ortho intramolecular Hbond substituents is 1. The number of hydrazine groups is 1. The molecule has 2 heterocycles. The van der Waals surface area contributed by atoms with Crippen molar-refractivity contribution in [3.8, 4) is 5.75 Å². The van der Waals surface area contributed by atoms with Crippen molar-refractivity contribution in [1.29, 1.82) is 0 Å². The Balaban J connectivity index is 2.12. The van der Waals surface area contributed by atoms with Crippen LogP contribution in [0.25, 0.3) is 0 Å². The molecule has 0 fully saturated rings. The van der Waals surface area contributed by atoms with E-state index in [1.165, 1.54) is 17.1 Å². The van der Waals surface area contributed by atoms with E-state index in [0.717, 1.165) is 22.5 Å². The molecule has 0 amide bonds. The molecule has 0 saturated carbocycles. The Bertz CT molecular complexity index is 734. The number of allylic oxidation sites excluding steroid dienone is 1. The van der Waals surface area contributed by atoms with E-state index in [1.54, 1.807) is 6.92 Å². The van der Waals surface area contributed by atoms with Gasteiger partial charge in [-0.25, -0.2) is 9.40 Å². The second-order valence-electron chi connectivity index (χ2n) is 5.52. The number of rotatable bonds is 2. The van der Waals surface area contributed by atoms with Gasteiger partial charge in [0.05, 0.1) is 11.4 Å². The van der Waals surface area contributed by atoms with Crippen LogP contribution in [0.3, 0.4) is 0 Å². The number of anilines is 1. The van der Waals surface area contributed by atoms with Crippen LogP contribution in [-0.4, -0.2) is 20.1 Å². The zero-order valence-electron chi connectivity index (χ0n) is 12.7. The van der Waals surface area contributed by atoms with Gasteiger partial charge in [0.15, 0.2) is 5.82 Å². The maximum atomic E-state index is 14.2. The number of benzene rings is 1. The van der Waals surface area contributed by atoms with E-state index in [1.807, 2.05) is 36.9 Å². The van der Waals surface area contributed by atoms with Gasteiger partial charge in [-0.15, -0.1) is 0 Å². The van der Waals surface area contributed by atoms with Gasteiger partial charge in [0.25, 0.3) is 0 Å². The van der Waals surface area contributed by atoms with Crippen LogP contribution in [0.1, 0.15) is 24.2 Å². The summed E-state index contributed by atoms with van der Waals surface area (Å²) in [6.45, 7) is 3.73. The van der Waals surface area contributed by atoms with Crippen LogP contribution in [0.5, 0.6) is 5.75 Å². The van der Waals surface area contributed by atoms with Gasteiger partial charge < -0.3 is 9.67 Å². The maximum absolute atomic E-state index is 14.2. The van der Waals surface area contributed by atoms with E-state index in [9.17, 15) is 14.7 Å². The Morgan fingerprint density at radius 3 is 2.50 bits per heavy atom. The molecule has 2 N–H and O–H groups in total. The molecule has 116 valence electrons. The minimum atomic E-state index is -0.598. The van der Waals surface area contributed by atoms with Crippen LogP contribution in [0.2, 0.25) is 0 Å². The molecular weight excluding hydrogens is 285 g/mol. The van der Waals surface area contributed by atoms with Crippen LogP contribution in [-0.2, 0) is 7.05 Å². The maximum Gasteiger partial charge on any atom is 0.152 e. The first-order valence-electron chi connectivity index (χ1n) is 6.97. The quantitative estimate of drug-likeness (QED) is 0.894. The van der Waals surface area contributed by atoms with Gasteiger partial charge >= 0.3 is 0 Å². The number of halogens is 1. The highest BCUT2D eigenvalue weighted by molar-refractivity contribution is 5.54. The van der Waals surface area contributed by atoms with Gasteiger partial charge in [-0.2, -0.15) is 5.17 Å². The minimum Gasteiger partial charge on any atom is -0.508 e. The van der Waals surface area contributed by atoms with Gasteiger partial charge in [-0.3, -0.25) is 5.21 Å². The van der Waals surface area contributed by atoms with Crippen molar-refractivity contribution in [2.24, 2.45) is 7.05 Å².